The molecule has 4 heteroatoms. The molecule has 100 valence electrons. The SMILES string of the molecule is COC(=O)C1=C(C(C)C)C(=O)C(c2ccccc2)O1. The van der Waals surface area contributed by atoms with Gasteiger partial charge >= 0.3 is 5.97 Å². The molecule has 0 spiro atoms. The van der Waals surface area contributed by atoms with E-state index in [9.17, 15) is 9.59 Å². The number of hydrogen-bond acceptors (Lipinski definition) is 4. The Morgan fingerprint density at radius 3 is 2.42 bits per heavy atom. The second-order valence-corrected chi connectivity index (χ2v) is 4.66. The summed E-state index contributed by atoms with van der Waals surface area (Å²) in [5.41, 5.74) is 1.14. The van der Waals surface area contributed by atoms with Crippen molar-refractivity contribution in [3.63, 3.8) is 0 Å². The highest BCUT2D eigenvalue weighted by Gasteiger charge is 2.40. The van der Waals surface area contributed by atoms with Crippen LogP contribution in [-0.2, 0) is 19.1 Å². The first kappa shape index (κ1) is 13.3. The monoisotopic (exact) mass is 260 g/mol. The molecule has 19 heavy (non-hydrogen) atoms. The average Bonchev–Trinajstić information content (AvgIpc) is 2.76. The van der Waals surface area contributed by atoms with Crippen LogP contribution >= 0.6 is 0 Å². The summed E-state index contributed by atoms with van der Waals surface area (Å²) >= 11 is 0. The molecule has 0 aromatic heterocycles. The molecule has 1 atom stereocenters. The molecule has 1 aromatic carbocycles. The Bertz CT molecular complexity index is 528. The zero-order valence-corrected chi connectivity index (χ0v) is 11.2. The van der Waals surface area contributed by atoms with Crippen molar-refractivity contribution >= 4 is 11.8 Å². The molecule has 0 radical (unpaired) electrons. The van der Waals surface area contributed by atoms with Crippen molar-refractivity contribution < 1.29 is 19.1 Å². The third-order valence-corrected chi connectivity index (χ3v) is 3.03. The quantitative estimate of drug-likeness (QED) is 0.783. The third-order valence-electron chi connectivity index (χ3n) is 3.03. The van der Waals surface area contributed by atoms with Gasteiger partial charge in [-0.1, -0.05) is 44.2 Å². The number of methoxy groups -OCH3 is 1. The highest BCUT2D eigenvalue weighted by atomic mass is 16.6. The normalized spacial score (nSPS) is 18.7. The fourth-order valence-corrected chi connectivity index (χ4v) is 2.13. The number of rotatable bonds is 3. The molecule has 2 rings (SSSR count). The predicted octanol–water partition coefficient (Wildman–Crippen LogP) is 2.41. The van der Waals surface area contributed by atoms with Crippen LogP contribution in [0.15, 0.2) is 41.7 Å². The molecule has 4 nitrogen and oxygen atoms in total. The average molecular weight is 260 g/mol. The van der Waals surface area contributed by atoms with Crippen LogP contribution in [-0.4, -0.2) is 18.9 Å². The Morgan fingerprint density at radius 2 is 1.89 bits per heavy atom. The second kappa shape index (κ2) is 5.26. The lowest BCUT2D eigenvalue weighted by Gasteiger charge is -2.10. The van der Waals surface area contributed by atoms with E-state index in [0.717, 1.165) is 5.56 Å². The summed E-state index contributed by atoms with van der Waals surface area (Å²) in [6, 6.07) is 9.14. The molecule has 1 aliphatic heterocycles. The van der Waals surface area contributed by atoms with Crippen molar-refractivity contribution in [3.05, 3.63) is 47.2 Å². The summed E-state index contributed by atoms with van der Waals surface area (Å²) in [5, 5.41) is 0. The van der Waals surface area contributed by atoms with Crippen molar-refractivity contribution in [2.24, 2.45) is 5.92 Å². The van der Waals surface area contributed by atoms with Gasteiger partial charge in [0.1, 0.15) is 0 Å². The molecule has 0 saturated carbocycles. The maximum Gasteiger partial charge on any atom is 0.373 e. The Hall–Kier alpha value is -2.10. The van der Waals surface area contributed by atoms with E-state index in [4.69, 9.17) is 4.74 Å². The minimum atomic E-state index is -0.743. The van der Waals surface area contributed by atoms with Crippen molar-refractivity contribution in [3.8, 4) is 0 Å². The third kappa shape index (κ3) is 2.38. The second-order valence-electron chi connectivity index (χ2n) is 4.66. The van der Waals surface area contributed by atoms with E-state index in [-0.39, 0.29) is 17.5 Å². The topological polar surface area (TPSA) is 52.6 Å². The van der Waals surface area contributed by atoms with Crippen LogP contribution in [0.3, 0.4) is 0 Å². The fourth-order valence-electron chi connectivity index (χ4n) is 2.13. The number of carbonyl (C=O) groups is 2. The van der Waals surface area contributed by atoms with E-state index in [2.05, 4.69) is 4.74 Å². The summed E-state index contributed by atoms with van der Waals surface area (Å²) in [4.78, 5) is 24.1. The number of esters is 1. The van der Waals surface area contributed by atoms with Gasteiger partial charge in [0.2, 0.25) is 11.5 Å². The Labute approximate surface area is 112 Å². The smallest absolute Gasteiger partial charge is 0.373 e. The van der Waals surface area contributed by atoms with Crippen molar-refractivity contribution in [1.82, 2.24) is 0 Å². The van der Waals surface area contributed by atoms with Gasteiger partial charge in [-0.25, -0.2) is 4.79 Å². The number of ketones is 1. The summed E-state index contributed by atoms with van der Waals surface area (Å²) in [6.45, 7) is 3.71. The number of benzene rings is 1. The lowest BCUT2D eigenvalue weighted by molar-refractivity contribution is -0.140. The highest BCUT2D eigenvalue weighted by Crippen LogP contribution is 2.36. The molecule has 1 aromatic rings. The molecule has 1 aliphatic rings. The van der Waals surface area contributed by atoms with Gasteiger partial charge in [-0.2, -0.15) is 0 Å². The van der Waals surface area contributed by atoms with Gasteiger partial charge in [-0.15, -0.1) is 0 Å². The van der Waals surface area contributed by atoms with Crippen molar-refractivity contribution in [1.29, 1.82) is 0 Å². The zero-order valence-electron chi connectivity index (χ0n) is 11.2. The molecule has 0 aliphatic carbocycles. The van der Waals surface area contributed by atoms with E-state index in [0.29, 0.717) is 5.57 Å². The maximum absolute atomic E-state index is 12.4. The van der Waals surface area contributed by atoms with Crippen LogP contribution in [0.4, 0.5) is 0 Å². The van der Waals surface area contributed by atoms with Gasteiger partial charge in [0.15, 0.2) is 6.10 Å². The highest BCUT2D eigenvalue weighted by molar-refractivity contribution is 6.08. The van der Waals surface area contributed by atoms with Crippen LogP contribution in [0.1, 0.15) is 25.5 Å². The van der Waals surface area contributed by atoms with Gasteiger partial charge in [0, 0.05) is 5.56 Å². The van der Waals surface area contributed by atoms with E-state index < -0.39 is 12.1 Å². The number of hydrogen-bond donors (Lipinski definition) is 0. The van der Waals surface area contributed by atoms with E-state index in [1.807, 2.05) is 32.0 Å². The minimum Gasteiger partial charge on any atom is -0.470 e. The van der Waals surface area contributed by atoms with E-state index in [1.165, 1.54) is 7.11 Å². The molecule has 0 bridgehead atoms. The number of ether oxygens (including phenoxy) is 2. The lowest BCUT2D eigenvalue weighted by Crippen LogP contribution is -2.12. The Kier molecular flexibility index (Phi) is 3.69. The molecule has 0 fully saturated rings. The lowest BCUT2D eigenvalue weighted by atomic mass is 9.94. The van der Waals surface area contributed by atoms with Crippen LogP contribution in [0.25, 0.3) is 0 Å². The van der Waals surface area contributed by atoms with Crippen LogP contribution in [0, 0.1) is 5.92 Å². The van der Waals surface area contributed by atoms with Crippen LogP contribution in [0.5, 0.6) is 0 Å². The van der Waals surface area contributed by atoms with Gasteiger partial charge < -0.3 is 9.47 Å². The molecule has 0 amide bonds. The molecule has 1 heterocycles. The molecular formula is C15H16O4. The first-order valence-electron chi connectivity index (χ1n) is 6.14. The van der Waals surface area contributed by atoms with E-state index >= 15 is 0 Å². The van der Waals surface area contributed by atoms with Crippen LogP contribution in [0.2, 0.25) is 0 Å². The summed E-state index contributed by atoms with van der Waals surface area (Å²) < 4.78 is 10.2. The standard InChI is InChI=1S/C15H16O4/c1-9(2)11-12(16)13(10-7-5-4-6-8-10)19-14(11)15(17)18-3/h4-9,13H,1-3H3. The van der Waals surface area contributed by atoms with Gasteiger partial charge in [0.25, 0.3) is 0 Å². The minimum absolute atomic E-state index is 0.0383. The number of carbonyl (C=O) groups excluding carboxylic acids is 2. The molecular weight excluding hydrogens is 244 g/mol. The van der Waals surface area contributed by atoms with E-state index in [1.54, 1.807) is 12.1 Å². The Balaban J connectivity index is 2.38. The van der Waals surface area contributed by atoms with Gasteiger partial charge in [0.05, 0.1) is 12.7 Å². The van der Waals surface area contributed by atoms with Crippen molar-refractivity contribution in [2.75, 3.05) is 7.11 Å². The molecule has 0 saturated heterocycles. The van der Waals surface area contributed by atoms with Gasteiger partial charge in [-0.05, 0) is 5.92 Å². The molecule has 0 N–H and O–H groups in total. The van der Waals surface area contributed by atoms with Gasteiger partial charge in [-0.3, -0.25) is 4.79 Å². The Morgan fingerprint density at radius 1 is 1.26 bits per heavy atom. The molecule has 1 unspecified atom stereocenters. The predicted molar refractivity (Wildman–Crippen MR) is 69.2 cm³/mol. The van der Waals surface area contributed by atoms with Crippen molar-refractivity contribution in [2.45, 2.75) is 20.0 Å². The van der Waals surface area contributed by atoms with Crippen LogP contribution < -0.4 is 0 Å². The zero-order chi connectivity index (χ0) is 14.0. The first-order chi connectivity index (χ1) is 9.06. The fraction of sp³-hybridized carbons (Fsp3) is 0.333. The maximum atomic E-state index is 12.4. The largest absolute Gasteiger partial charge is 0.470 e. The first-order valence-corrected chi connectivity index (χ1v) is 6.14. The number of Topliss-reactive ketones (excluding diaryl/α,β-unsaturated/α-hetero) is 1. The summed E-state index contributed by atoms with van der Waals surface area (Å²) in [5.74, 6) is -0.816. The summed E-state index contributed by atoms with van der Waals surface area (Å²) in [6.07, 6.45) is -0.743. The summed E-state index contributed by atoms with van der Waals surface area (Å²) in [7, 11) is 1.27.